The number of carbonyl (C=O) groups is 3. The van der Waals surface area contributed by atoms with Gasteiger partial charge in [0.2, 0.25) is 0 Å². The van der Waals surface area contributed by atoms with E-state index in [4.69, 9.17) is 17.3 Å². The Morgan fingerprint density at radius 3 is 2.87 bits per heavy atom. The summed E-state index contributed by atoms with van der Waals surface area (Å²) in [4.78, 5) is 49.3. The largest absolute Gasteiger partial charge is 0.477 e. The van der Waals surface area contributed by atoms with Crippen LogP contribution in [0.25, 0.3) is 0 Å². The summed E-state index contributed by atoms with van der Waals surface area (Å²) in [5.41, 5.74) is 5.79. The molecule has 3 atom stereocenters. The van der Waals surface area contributed by atoms with E-state index in [0.29, 0.717) is 28.7 Å². The van der Waals surface area contributed by atoms with Crippen molar-refractivity contribution in [2.45, 2.75) is 47.2 Å². The number of carboxylic acid groups (broad SMARTS) is 1. The number of carbonyl (C=O) groups excluding carboxylic acids is 2. The van der Waals surface area contributed by atoms with Crippen LogP contribution in [0.3, 0.4) is 0 Å². The molecule has 0 aromatic carbocycles. The fourth-order valence-corrected chi connectivity index (χ4v) is 8.05. The lowest BCUT2D eigenvalue weighted by Crippen LogP contribution is -2.72. The van der Waals surface area contributed by atoms with Crippen LogP contribution in [0.1, 0.15) is 30.7 Å². The Labute approximate surface area is 240 Å². The van der Waals surface area contributed by atoms with E-state index in [1.165, 1.54) is 16.7 Å². The van der Waals surface area contributed by atoms with Crippen molar-refractivity contribution in [1.29, 1.82) is 0 Å². The number of pyridine rings is 1. The average Bonchev–Trinajstić information content (AvgIpc) is 3.55. The number of nitrogens with two attached hydrogens (primary N) is 1. The molecule has 2 aromatic heterocycles. The van der Waals surface area contributed by atoms with Crippen molar-refractivity contribution in [1.82, 2.24) is 25.5 Å². The number of amides is 2. The molecule has 0 spiro atoms. The van der Waals surface area contributed by atoms with E-state index in [-0.39, 0.29) is 20.9 Å². The fraction of sp³-hybridized carbons (Fsp3) is 0.391. The molecule has 0 bridgehead atoms. The first-order valence-corrected chi connectivity index (χ1v) is 15.0. The third-order valence-corrected chi connectivity index (χ3v) is 10.2. The first-order chi connectivity index (χ1) is 18.8. The summed E-state index contributed by atoms with van der Waals surface area (Å²) in [6.07, 6.45) is 3.65. The summed E-state index contributed by atoms with van der Waals surface area (Å²) in [6.45, 7) is 1.96. The lowest BCUT2D eigenvalue weighted by Gasteiger charge is -2.50. The van der Waals surface area contributed by atoms with Gasteiger partial charge in [0, 0.05) is 33.5 Å². The second-order valence-corrected chi connectivity index (χ2v) is 13.0. The van der Waals surface area contributed by atoms with Gasteiger partial charge in [-0.15, -0.1) is 0 Å². The molecule has 206 valence electrons. The van der Waals surface area contributed by atoms with Crippen LogP contribution in [0, 0.1) is 0 Å². The third-order valence-electron chi connectivity index (χ3n) is 6.58. The molecule has 3 aliphatic heterocycles. The number of oxime groups is 1. The number of carboxylic acids is 1. The van der Waals surface area contributed by atoms with E-state index < -0.39 is 35.6 Å². The average molecular weight is 610 g/mol. The lowest BCUT2D eigenvalue weighted by molar-refractivity contribution is -0.155. The SMILES string of the molecule is Nc1nc(/C(=N/O)C(=O)NC2C(=O)N3C(C(=O)O)=C(Sc4cccnc4CSC4CCNC4)CC[C@H]23)c(Cl)s1. The van der Waals surface area contributed by atoms with Gasteiger partial charge in [-0.3, -0.25) is 19.5 Å². The number of β-lactam (4-membered cyclic amide) rings is 1. The summed E-state index contributed by atoms with van der Waals surface area (Å²) in [5.74, 6) is -1.97. The Bertz CT molecular complexity index is 1380. The van der Waals surface area contributed by atoms with Crippen LogP contribution < -0.4 is 16.4 Å². The zero-order valence-corrected chi connectivity index (χ0v) is 23.5. The van der Waals surface area contributed by atoms with Gasteiger partial charge in [-0.2, -0.15) is 11.8 Å². The topological polar surface area (TPSA) is 183 Å². The number of allylic oxidation sites excluding steroid dienone is 1. The number of nitrogen functional groups attached to an aromatic ring is 1. The van der Waals surface area contributed by atoms with Gasteiger partial charge in [-0.25, -0.2) is 9.78 Å². The zero-order chi connectivity index (χ0) is 27.7. The molecule has 2 amide bonds. The van der Waals surface area contributed by atoms with Crippen molar-refractivity contribution in [3.63, 3.8) is 0 Å². The molecule has 0 radical (unpaired) electrons. The highest BCUT2D eigenvalue weighted by Gasteiger charge is 2.54. The normalized spacial score (nSPS) is 23.0. The second kappa shape index (κ2) is 11.7. The molecule has 2 unspecified atom stereocenters. The predicted octanol–water partition coefficient (Wildman–Crippen LogP) is 2.13. The van der Waals surface area contributed by atoms with Crippen LogP contribution in [0.2, 0.25) is 4.34 Å². The van der Waals surface area contributed by atoms with Gasteiger partial charge in [0.1, 0.15) is 21.8 Å². The second-order valence-electron chi connectivity index (χ2n) is 8.94. The van der Waals surface area contributed by atoms with Gasteiger partial charge >= 0.3 is 5.97 Å². The maximum atomic E-state index is 13.1. The number of hydrogen-bond donors (Lipinski definition) is 5. The Kier molecular flexibility index (Phi) is 8.32. The van der Waals surface area contributed by atoms with Crippen molar-refractivity contribution < 1.29 is 24.7 Å². The standard InChI is InChI=1S/C23H24ClN7O5S3/c24-19-16(29-23(25)39-19)17(30-36)20(32)28-15-12-3-4-14(18(22(34)35)31(12)21(15)33)38-13-2-1-6-27-11(13)9-37-10-5-7-26-8-10/h1-2,6,10,12,15,26,36H,3-5,7-9H2,(H2,25,29)(H,28,32)(H,34,35)/b30-17-/t10?,12-,15?/m1/s1. The van der Waals surface area contributed by atoms with E-state index >= 15 is 0 Å². The van der Waals surface area contributed by atoms with E-state index in [9.17, 15) is 24.7 Å². The molecule has 5 rings (SSSR count). The van der Waals surface area contributed by atoms with Crippen molar-refractivity contribution >= 4 is 75.1 Å². The highest BCUT2D eigenvalue weighted by Crippen LogP contribution is 2.44. The van der Waals surface area contributed by atoms with Crippen LogP contribution in [-0.2, 0) is 20.1 Å². The molecule has 0 saturated carbocycles. The Hall–Kier alpha value is -2.85. The molecule has 2 aromatic rings. The van der Waals surface area contributed by atoms with Gasteiger partial charge < -0.3 is 26.7 Å². The van der Waals surface area contributed by atoms with Gasteiger partial charge in [0.25, 0.3) is 11.8 Å². The Balaban J connectivity index is 1.31. The Morgan fingerprint density at radius 2 is 2.21 bits per heavy atom. The van der Waals surface area contributed by atoms with Crippen LogP contribution in [0.5, 0.6) is 0 Å². The molecule has 6 N–H and O–H groups in total. The predicted molar refractivity (Wildman–Crippen MR) is 149 cm³/mol. The minimum Gasteiger partial charge on any atom is -0.477 e. The molecule has 0 aliphatic carbocycles. The number of thioether (sulfide) groups is 2. The molecule has 2 fully saturated rings. The van der Waals surface area contributed by atoms with Gasteiger partial charge in [-0.05, 0) is 37.9 Å². The zero-order valence-electron chi connectivity index (χ0n) is 20.3. The monoisotopic (exact) mass is 609 g/mol. The number of nitrogens with one attached hydrogen (secondary N) is 2. The minimum absolute atomic E-state index is 0.0560. The Morgan fingerprint density at radius 1 is 1.38 bits per heavy atom. The number of fused-ring (bicyclic) bond motifs is 1. The first kappa shape index (κ1) is 27.7. The fourth-order valence-electron chi connectivity index (χ4n) is 4.73. The highest BCUT2D eigenvalue weighted by atomic mass is 35.5. The van der Waals surface area contributed by atoms with Gasteiger partial charge in [-0.1, -0.05) is 39.9 Å². The van der Waals surface area contributed by atoms with E-state index in [2.05, 4.69) is 25.8 Å². The number of halogens is 1. The number of nitrogens with zero attached hydrogens (tertiary/aromatic N) is 4. The highest BCUT2D eigenvalue weighted by molar-refractivity contribution is 8.03. The third kappa shape index (κ3) is 5.59. The lowest BCUT2D eigenvalue weighted by atomic mass is 9.86. The first-order valence-electron chi connectivity index (χ1n) is 12.0. The molecule has 2 saturated heterocycles. The molecule has 5 heterocycles. The number of rotatable bonds is 9. The molecule has 3 aliphatic rings. The van der Waals surface area contributed by atoms with E-state index in [0.717, 1.165) is 41.4 Å². The van der Waals surface area contributed by atoms with Crippen molar-refractivity contribution in [3.8, 4) is 0 Å². The molecular weight excluding hydrogens is 586 g/mol. The summed E-state index contributed by atoms with van der Waals surface area (Å²) >= 11 is 10.1. The van der Waals surface area contributed by atoms with Gasteiger partial charge in [0.15, 0.2) is 10.8 Å². The van der Waals surface area contributed by atoms with E-state index in [1.54, 1.807) is 6.20 Å². The van der Waals surface area contributed by atoms with Crippen LogP contribution in [0.15, 0.2) is 39.0 Å². The molecule has 16 heteroatoms. The summed E-state index contributed by atoms with van der Waals surface area (Å²) < 4.78 is 0.0560. The number of anilines is 1. The summed E-state index contributed by atoms with van der Waals surface area (Å²) in [7, 11) is 0. The van der Waals surface area contributed by atoms with Gasteiger partial charge in [0.05, 0.1) is 11.7 Å². The van der Waals surface area contributed by atoms with Crippen LogP contribution >= 0.6 is 46.5 Å². The number of hydrogen-bond acceptors (Lipinski definition) is 12. The molecule has 12 nitrogen and oxygen atoms in total. The smallest absolute Gasteiger partial charge is 0.353 e. The minimum atomic E-state index is -1.22. The van der Waals surface area contributed by atoms with Crippen LogP contribution in [0.4, 0.5) is 5.13 Å². The number of thiazole rings is 1. The molecule has 39 heavy (non-hydrogen) atoms. The van der Waals surface area contributed by atoms with Crippen LogP contribution in [-0.4, -0.2) is 79.1 Å². The molecular formula is C23H24ClN7O5S3. The summed E-state index contributed by atoms with van der Waals surface area (Å²) in [6, 6.07) is 2.16. The quantitative estimate of drug-likeness (QED) is 0.121. The maximum absolute atomic E-state index is 13.1. The maximum Gasteiger partial charge on any atom is 0.353 e. The van der Waals surface area contributed by atoms with E-state index in [1.807, 2.05) is 23.9 Å². The number of aliphatic carboxylic acids is 1. The van der Waals surface area contributed by atoms with Crippen molar-refractivity contribution in [3.05, 3.63) is 44.7 Å². The van der Waals surface area contributed by atoms with Crippen molar-refractivity contribution in [2.24, 2.45) is 5.16 Å². The van der Waals surface area contributed by atoms with Crippen molar-refractivity contribution in [2.75, 3.05) is 18.8 Å². The number of aromatic nitrogens is 2. The summed E-state index contributed by atoms with van der Waals surface area (Å²) in [5, 5.41) is 28.9.